The summed E-state index contributed by atoms with van der Waals surface area (Å²) in [5.41, 5.74) is 7.00. The van der Waals surface area contributed by atoms with Crippen LogP contribution in [0.4, 0.5) is 0 Å². The number of rotatable bonds is 6. The van der Waals surface area contributed by atoms with Crippen LogP contribution in [0.2, 0.25) is 0 Å². The number of carbonyl (C=O) groups excluding carboxylic acids is 1. The molecule has 4 nitrogen and oxygen atoms in total. The minimum atomic E-state index is 0.0820. The quantitative estimate of drug-likeness (QED) is 0.862. The van der Waals surface area contributed by atoms with Crippen LogP contribution in [-0.4, -0.2) is 49.4 Å². The van der Waals surface area contributed by atoms with Crippen LogP contribution in [0.5, 0.6) is 0 Å². The summed E-state index contributed by atoms with van der Waals surface area (Å²) >= 11 is 5.12. The lowest BCUT2D eigenvalue weighted by Crippen LogP contribution is -2.41. The van der Waals surface area contributed by atoms with Crippen molar-refractivity contribution in [2.75, 3.05) is 27.7 Å². The molecule has 1 unspecified atom stereocenters. The number of hydrogen-bond acceptors (Lipinski definition) is 4. The van der Waals surface area contributed by atoms with Gasteiger partial charge in [-0.3, -0.25) is 9.69 Å². The van der Waals surface area contributed by atoms with E-state index >= 15 is 0 Å². The van der Waals surface area contributed by atoms with E-state index < -0.39 is 0 Å². The highest BCUT2D eigenvalue weighted by molar-refractivity contribution is 9.11. The first kappa shape index (κ1) is 15.6. The van der Waals surface area contributed by atoms with Crippen molar-refractivity contribution < 1.29 is 4.79 Å². The molecular weight excluding hydrogens is 314 g/mol. The fourth-order valence-electron chi connectivity index (χ4n) is 1.65. The molecule has 0 aliphatic carbocycles. The molecule has 2 N–H and O–H groups in total. The largest absolute Gasteiger partial charge is 0.349 e. The Labute approximate surface area is 121 Å². The maximum Gasteiger partial charge on any atom is 0.223 e. The molecule has 0 fully saturated rings. The van der Waals surface area contributed by atoms with Gasteiger partial charge in [0.1, 0.15) is 0 Å². The Morgan fingerprint density at radius 1 is 1.50 bits per heavy atom. The lowest BCUT2D eigenvalue weighted by Gasteiger charge is -2.27. The zero-order valence-electron chi connectivity index (χ0n) is 11.0. The minimum Gasteiger partial charge on any atom is -0.349 e. The van der Waals surface area contributed by atoms with E-state index in [2.05, 4.69) is 32.3 Å². The van der Waals surface area contributed by atoms with Crippen LogP contribution < -0.4 is 5.73 Å². The molecule has 0 saturated heterocycles. The summed E-state index contributed by atoms with van der Waals surface area (Å²) in [5.74, 6) is 0.115. The predicted octanol–water partition coefficient (Wildman–Crippen LogP) is 1.75. The average Bonchev–Trinajstić information content (AvgIpc) is 2.70. The van der Waals surface area contributed by atoms with Crippen molar-refractivity contribution in [2.45, 2.75) is 19.0 Å². The maximum absolute atomic E-state index is 11.7. The highest BCUT2D eigenvalue weighted by Crippen LogP contribution is 2.22. The molecule has 1 aromatic heterocycles. The number of hydrogen-bond donors (Lipinski definition) is 1. The van der Waals surface area contributed by atoms with Crippen molar-refractivity contribution in [3.05, 3.63) is 20.8 Å². The highest BCUT2D eigenvalue weighted by Gasteiger charge is 2.18. The van der Waals surface area contributed by atoms with Gasteiger partial charge in [0, 0.05) is 39.6 Å². The van der Waals surface area contributed by atoms with Gasteiger partial charge in [0.05, 0.1) is 3.79 Å². The van der Waals surface area contributed by atoms with Crippen LogP contribution in [0, 0.1) is 0 Å². The van der Waals surface area contributed by atoms with Gasteiger partial charge in [-0.2, -0.15) is 0 Å². The summed E-state index contributed by atoms with van der Waals surface area (Å²) in [6.07, 6.45) is 0.464. The average molecular weight is 334 g/mol. The van der Waals surface area contributed by atoms with Crippen molar-refractivity contribution in [3.63, 3.8) is 0 Å². The molecule has 6 heteroatoms. The second kappa shape index (κ2) is 7.23. The zero-order chi connectivity index (χ0) is 13.7. The van der Waals surface area contributed by atoms with Gasteiger partial charge in [-0.15, -0.1) is 11.3 Å². The summed E-state index contributed by atoms with van der Waals surface area (Å²) in [6.45, 7) is 1.30. The smallest absolute Gasteiger partial charge is 0.223 e. The highest BCUT2D eigenvalue weighted by atomic mass is 79.9. The third-order valence-electron chi connectivity index (χ3n) is 2.86. The first-order chi connectivity index (χ1) is 8.43. The molecule has 0 spiro atoms. The third kappa shape index (κ3) is 4.68. The first-order valence-electron chi connectivity index (χ1n) is 5.77. The fraction of sp³-hybridized carbons (Fsp3) is 0.583. The number of thiophene rings is 1. The van der Waals surface area contributed by atoms with Crippen LogP contribution in [0.3, 0.4) is 0 Å². The van der Waals surface area contributed by atoms with Crippen LogP contribution in [-0.2, 0) is 11.3 Å². The molecular formula is C12H20BrN3OS. The number of nitrogens with zero attached hydrogens (tertiary/aromatic N) is 2. The van der Waals surface area contributed by atoms with Gasteiger partial charge in [-0.25, -0.2) is 0 Å². The van der Waals surface area contributed by atoms with E-state index in [1.54, 1.807) is 30.3 Å². The molecule has 0 aliphatic heterocycles. The van der Waals surface area contributed by atoms with Crippen molar-refractivity contribution >= 4 is 33.2 Å². The van der Waals surface area contributed by atoms with Gasteiger partial charge >= 0.3 is 0 Å². The number of halogens is 1. The molecule has 0 radical (unpaired) electrons. The number of likely N-dealkylation sites (N-methyl/N-ethyl adjacent to an activating group) is 1. The monoisotopic (exact) mass is 333 g/mol. The van der Waals surface area contributed by atoms with Crippen LogP contribution in [0.15, 0.2) is 15.2 Å². The Kier molecular flexibility index (Phi) is 6.28. The van der Waals surface area contributed by atoms with Crippen molar-refractivity contribution in [2.24, 2.45) is 5.73 Å². The normalized spacial score (nSPS) is 12.8. The second-order valence-electron chi connectivity index (χ2n) is 4.56. The lowest BCUT2D eigenvalue weighted by molar-refractivity contribution is -0.129. The van der Waals surface area contributed by atoms with Crippen molar-refractivity contribution in [1.29, 1.82) is 0 Å². The van der Waals surface area contributed by atoms with Crippen LogP contribution in [0.1, 0.15) is 12.0 Å². The molecule has 1 rings (SSSR count). The Hall–Kier alpha value is -0.430. The van der Waals surface area contributed by atoms with E-state index in [1.807, 2.05) is 7.05 Å². The molecule has 1 heterocycles. The molecule has 18 heavy (non-hydrogen) atoms. The topological polar surface area (TPSA) is 49.6 Å². The zero-order valence-corrected chi connectivity index (χ0v) is 13.4. The molecule has 0 aromatic carbocycles. The molecule has 1 atom stereocenters. The van der Waals surface area contributed by atoms with Gasteiger partial charge in [-0.1, -0.05) is 0 Å². The molecule has 1 aromatic rings. The van der Waals surface area contributed by atoms with Crippen molar-refractivity contribution in [3.8, 4) is 0 Å². The summed E-state index contributed by atoms with van der Waals surface area (Å²) < 4.78 is 1.12. The molecule has 0 saturated carbocycles. The summed E-state index contributed by atoms with van der Waals surface area (Å²) in [5, 5.41) is 2.11. The Bertz CT molecular complexity index is 394. The number of nitrogens with two attached hydrogens (primary N) is 1. The van der Waals surface area contributed by atoms with Gasteiger partial charge in [0.25, 0.3) is 0 Å². The van der Waals surface area contributed by atoms with E-state index in [0.29, 0.717) is 13.0 Å². The molecule has 1 amide bonds. The maximum atomic E-state index is 11.7. The molecule has 0 bridgehead atoms. The molecule has 102 valence electrons. The third-order valence-corrected chi connectivity index (χ3v) is 4.41. The van der Waals surface area contributed by atoms with Gasteiger partial charge in [0.15, 0.2) is 0 Å². The van der Waals surface area contributed by atoms with Gasteiger partial charge in [-0.05, 0) is 40.0 Å². The van der Waals surface area contributed by atoms with Crippen molar-refractivity contribution in [1.82, 2.24) is 9.80 Å². The second-order valence-corrected chi connectivity index (χ2v) is 6.85. The first-order valence-corrected chi connectivity index (χ1v) is 7.44. The van der Waals surface area contributed by atoms with E-state index in [0.717, 1.165) is 10.3 Å². The summed E-state index contributed by atoms with van der Waals surface area (Å²) in [6, 6.07) is 2.18. The van der Waals surface area contributed by atoms with Crippen LogP contribution >= 0.6 is 27.3 Å². The number of carbonyl (C=O) groups is 1. The SMILES string of the molecule is CN(C)C(=O)CC(CN)N(C)Cc1csc(Br)c1. The number of amides is 1. The molecule has 0 aliphatic rings. The Morgan fingerprint density at radius 3 is 2.61 bits per heavy atom. The van der Waals surface area contributed by atoms with Crippen LogP contribution in [0.25, 0.3) is 0 Å². The summed E-state index contributed by atoms with van der Waals surface area (Å²) in [7, 11) is 5.55. The standard InChI is InChI=1S/C12H20BrN3OS/c1-15(2)12(17)5-10(6-14)16(3)7-9-4-11(13)18-8-9/h4,8,10H,5-7,14H2,1-3H3. The lowest BCUT2D eigenvalue weighted by atomic mass is 10.1. The van der Waals surface area contributed by atoms with E-state index in [4.69, 9.17) is 5.73 Å². The van der Waals surface area contributed by atoms with E-state index in [1.165, 1.54) is 5.56 Å². The van der Waals surface area contributed by atoms with E-state index in [-0.39, 0.29) is 11.9 Å². The van der Waals surface area contributed by atoms with Gasteiger partial charge in [0.2, 0.25) is 5.91 Å². The predicted molar refractivity (Wildman–Crippen MR) is 79.6 cm³/mol. The Morgan fingerprint density at radius 2 is 2.17 bits per heavy atom. The van der Waals surface area contributed by atoms with Gasteiger partial charge < -0.3 is 10.6 Å². The minimum absolute atomic E-state index is 0.0820. The van der Waals surface area contributed by atoms with E-state index in [9.17, 15) is 4.79 Å². The Balaban J connectivity index is 2.56. The summed E-state index contributed by atoms with van der Waals surface area (Å²) in [4.78, 5) is 15.5. The fourth-order valence-corrected chi connectivity index (χ4v) is 2.85.